The highest BCUT2D eigenvalue weighted by Crippen LogP contribution is 2.28. The van der Waals surface area contributed by atoms with Crippen LogP contribution in [0, 0.1) is 0 Å². The van der Waals surface area contributed by atoms with Crippen LogP contribution in [0.25, 0.3) is 11.8 Å². The molecule has 0 bridgehead atoms. The lowest BCUT2D eigenvalue weighted by Crippen LogP contribution is -2.47. The fourth-order valence-electron chi connectivity index (χ4n) is 4.75. The highest BCUT2D eigenvalue weighted by atomic mass is 35.5. The second-order valence-electron chi connectivity index (χ2n) is 11.8. The van der Waals surface area contributed by atoms with Crippen LogP contribution in [0.15, 0.2) is 59.7 Å². The Bertz CT molecular complexity index is 1840. The summed E-state index contributed by atoms with van der Waals surface area (Å²) < 4.78 is 108. The number of hydrogen-bond acceptors (Lipinski definition) is 9. The number of carboxylic acid groups (broad SMARTS) is 3. The number of rotatable bonds is 8. The van der Waals surface area contributed by atoms with Gasteiger partial charge in [0.05, 0.1) is 23.9 Å². The maximum absolute atomic E-state index is 12.8. The van der Waals surface area contributed by atoms with E-state index >= 15 is 0 Å². The molecule has 1 aromatic carbocycles. The van der Waals surface area contributed by atoms with Gasteiger partial charge in [0.15, 0.2) is 0 Å². The van der Waals surface area contributed by atoms with Gasteiger partial charge in [-0.25, -0.2) is 14.4 Å². The van der Waals surface area contributed by atoms with Crippen molar-refractivity contribution in [1.29, 1.82) is 0 Å². The van der Waals surface area contributed by atoms with Gasteiger partial charge in [-0.05, 0) is 60.9 Å². The molecule has 57 heavy (non-hydrogen) atoms. The van der Waals surface area contributed by atoms with Crippen LogP contribution in [0.5, 0.6) is 5.75 Å². The molecule has 0 spiro atoms. The van der Waals surface area contributed by atoms with E-state index in [2.05, 4.69) is 46.5 Å². The predicted octanol–water partition coefficient (Wildman–Crippen LogP) is 5.74. The number of likely N-dealkylation sites (N-methyl/N-ethyl adjacent to an activating group) is 1. The topological polar surface area (TPSA) is 181 Å². The van der Waals surface area contributed by atoms with Gasteiger partial charge in [0.25, 0.3) is 5.56 Å². The SMILES string of the molecule is CN(Cc1ccc2c(c1)CCC(n1ccc(OCc3ccc(Cl)cn3)cc1=O)=C2)C[C@H]1COCCN1.O=C(O)C(F)(F)F.O=C(O)C(F)(F)F.O=C(O)C(F)(F)F. The largest absolute Gasteiger partial charge is 0.490 e. The number of alkyl halides is 9. The zero-order valence-electron chi connectivity index (χ0n) is 29.4. The Kier molecular flexibility index (Phi) is 18.0. The summed E-state index contributed by atoms with van der Waals surface area (Å²) in [4.78, 5) is 46.1. The van der Waals surface area contributed by atoms with Crippen LogP contribution < -0.4 is 15.6 Å². The van der Waals surface area contributed by atoms with Gasteiger partial charge in [0.1, 0.15) is 12.4 Å². The number of ether oxygens (including phenoxy) is 2. The first-order valence-corrected chi connectivity index (χ1v) is 16.4. The second kappa shape index (κ2) is 21.4. The Morgan fingerprint density at radius 1 is 0.930 bits per heavy atom. The maximum atomic E-state index is 12.8. The Hall–Kier alpha value is -5.19. The molecule has 2 aliphatic rings. The molecule has 13 nitrogen and oxygen atoms in total. The van der Waals surface area contributed by atoms with Crippen LogP contribution >= 0.6 is 11.6 Å². The summed E-state index contributed by atoms with van der Waals surface area (Å²) >= 11 is 5.87. The van der Waals surface area contributed by atoms with Crippen molar-refractivity contribution in [2.24, 2.45) is 0 Å². The number of hydrogen-bond donors (Lipinski definition) is 4. The van der Waals surface area contributed by atoms with Crippen molar-refractivity contribution in [3.05, 3.63) is 92.6 Å². The number of nitrogens with zero attached hydrogens (tertiary/aromatic N) is 3. The molecule has 0 radical (unpaired) electrons. The lowest BCUT2D eigenvalue weighted by molar-refractivity contribution is -0.193. The first kappa shape index (κ1) is 48.0. The van der Waals surface area contributed by atoms with Crippen molar-refractivity contribution < 1.29 is 78.7 Å². The average molecular weight is 849 g/mol. The zero-order valence-corrected chi connectivity index (χ0v) is 30.2. The number of fused-ring (bicyclic) bond motifs is 1. The third kappa shape index (κ3) is 17.7. The molecule has 1 fully saturated rings. The summed E-state index contributed by atoms with van der Waals surface area (Å²) in [6.07, 6.45) is -8.04. The predicted molar refractivity (Wildman–Crippen MR) is 183 cm³/mol. The summed E-state index contributed by atoms with van der Waals surface area (Å²) in [5, 5.41) is 25.5. The molecule has 5 rings (SSSR count). The van der Waals surface area contributed by atoms with E-state index in [4.69, 9.17) is 50.8 Å². The Morgan fingerprint density at radius 2 is 1.53 bits per heavy atom. The number of aliphatic carboxylic acids is 3. The fourth-order valence-corrected chi connectivity index (χ4v) is 4.86. The van der Waals surface area contributed by atoms with E-state index in [1.165, 1.54) is 22.8 Å². The molecule has 23 heteroatoms. The van der Waals surface area contributed by atoms with Crippen LogP contribution in [0.2, 0.25) is 5.02 Å². The summed E-state index contributed by atoms with van der Waals surface area (Å²) in [5.41, 5.74) is 5.44. The molecule has 0 amide bonds. The average Bonchev–Trinajstić information content (AvgIpc) is 3.11. The molecular formula is C34H34ClF9N4O9. The van der Waals surface area contributed by atoms with E-state index in [9.17, 15) is 44.3 Å². The standard InChI is InChI=1S/C28H31ClN4O3.3C2HF3O2/c1-32(17-25-18-35-11-9-30-25)16-20-2-3-22-13-26(7-4-21(22)12-20)33-10-8-27(14-28(33)34)36-19-24-6-5-23(29)15-31-24;3*3-2(4,5)1(6)7/h2-3,5-6,8,10,12-15,25,30H,4,7,9,11,16-19H2,1H3;3*(H,6,7)/t25-;;;/m0.../s1. The van der Waals surface area contributed by atoms with Crippen molar-refractivity contribution >= 4 is 41.3 Å². The number of nitrogens with one attached hydrogen (secondary N) is 1. The highest BCUT2D eigenvalue weighted by Gasteiger charge is 2.39. The van der Waals surface area contributed by atoms with Gasteiger partial charge in [-0.2, -0.15) is 39.5 Å². The number of pyridine rings is 2. The minimum absolute atomic E-state index is 0.107. The van der Waals surface area contributed by atoms with Crippen molar-refractivity contribution in [2.45, 2.75) is 50.6 Å². The monoisotopic (exact) mass is 848 g/mol. The van der Waals surface area contributed by atoms with Gasteiger partial charge in [0.2, 0.25) is 0 Å². The fraction of sp³-hybridized carbons (Fsp3) is 0.382. The van der Waals surface area contributed by atoms with E-state index < -0.39 is 36.4 Å². The Labute approximate surface area is 321 Å². The van der Waals surface area contributed by atoms with Crippen LogP contribution in [0.4, 0.5) is 39.5 Å². The number of halogens is 10. The maximum Gasteiger partial charge on any atom is 0.490 e. The molecule has 1 aliphatic heterocycles. The van der Waals surface area contributed by atoms with Gasteiger partial charge in [0, 0.05) is 49.8 Å². The highest BCUT2D eigenvalue weighted by molar-refractivity contribution is 6.30. The lowest BCUT2D eigenvalue weighted by atomic mass is 9.93. The van der Waals surface area contributed by atoms with Crippen molar-refractivity contribution in [3.8, 4) is 5.75 Å². The van der Waals surface area contributed by atoms with E-state index in [1.807, 2.05) is 6.07 Å². The van der Waals surface area contributed by atoms with Crippen LogP contribution in [0.3, 0.4) is 0 Å². The zero-order chi connectivity index (χ0) is 43.1. The molecule has 0 saturated carbocycles. The number of benzene rings is 1. The van der Waals surface area contributed by atoms with E-state index in [-0.39, 0.29) is 12.2 Å². The first-order chi connectivity index (χ1) is 26.4. The number of morpholine rings is 1. The number of allylic oxidation sites excluding steroid dienone is 1. The normalized spacial score (nSPS) is 15.2. The molecule has 3 aromatic rings. The number of aromatic nitrogens is 2. The Balaban J connectivity index is 0.000000438. The summed E-state index contributed by atoms with van der Waals surface area (Å²) in [6, 6.07) is 14.0. The molecule has 4 N–H and O–H groups in total. The van der Waals surface area contributed by atoms with Gasteiger partial charge in [-0.1, -0.05) is 29.8 Å². The van der Waals surface area contributed by atoms with Gasteiger partial charge >= 0.3 is 36.4 Å². The third-order valence-electron chi connectivity index (χ3n) is 7.27. The third-order valence-corrected chi connectivity index (χ3v) is 7.49. The lowest BCUT2D eigenvalue weighted by Gasteiger charge is -2.28. The summed E-state index contributed by atoms with van der Waals surface area (Å²) in [7, 11) is 2.15. The molecule has 1 saturated heterocycles. The van der Waals surface area contributed by atoms with Crippen molar-refractivity contribution in [3.63, 3.8) is 0 Å². The number of carbonyl (C=O) groups is 3. The molecular weight excluding hydrogens is 815 g/mol. The molecule has 1 atom stereocenters. The van der Waals surface area contributed by atoms with Gasteiger partial charge < -0.3 is 35.0 Å². The quantitative estimate of drug-likeness (QED) is 0.202. The van der Waals surface area contributed by atoms with E-state index in [0.29, 0.717) is 16.8 Å². The number of aryl methyl sites for hydroxylation is 1. The summed E-state index contributed by atoms with van der Waals surface area (Å²) in [5.74, 6) is -7.75. The van der Waals surface area contributed by atoms with Crippen LogP contribution in [-0.4, -0.2) is 106 Å². The van der Waals surface area contributed by atoms with Gasteiger partial charge in [-0.15, -0.1) is 0 Å². The molecule has 314 valence electrons. The minimum Gasteiger partial charge on any atom is -0.487 e. The van der Waals surface area contributed by atoms with E-state index in [1.54, 1.807) is 29.1 Å². The second-order valence-corrected chi connectivity index (χ2v) is 12.3. The van der Waals surface area contributed by atoms with E-state index in [0.717, 1.165) is 57.1 Å². The smallest absolute Gasteiger partial charge is 0.487 e. The van der Waals surface area contributed by atoms with Gasteiger partial charge in [-0.3, -0.25) is 14.3 Å². The number of carboxylic acids is 3. The minimum atomic E-state index is -5.08. The molecule has 0 unspecified atom stereocenters. The van der Waals surface area contributed by atoms with Crippen LogP contribution in [0.1, 0.15) is 28.8 Å². The molecule has 3 heterocycles. The first-order valence-electron chi connectivity index (χ1n) is 16.1. The van der Waals surface area contributed by atoms with Crippen molar-refractivity contribution in [2.75, 3.05) is 33.4 Å². The van der Waals surface area contributed by atoms with Crippen LogP contribution in [-0.2, 0) is 38.7 Å². The Morgan fingerprint density at radius 3 is 2.02 bits per heavy atom. The molecule has 1 aliphatic carbocycles. The molecule has 2 aromatic heterocycles. The van der Waals surface area contributed by atoms with Crippen molar-refractivity contribution in [1.82, 2.24) is 19.8 Å². The summed E-state index contributed by atoms with van der Waals surface area (Å²) in [6.45, 7) is 4.63.